The second-order valence-corrected chi connectivity index (χ2v) is 6.01. The van der Waals surface area contributed by atoms with E-state index in [4.69, 9.17) is 14.6 Å². The van der Waals surface area contributed by atoms with E-state index in [1.165, 1.54) is 18.2 Å². The van der Waals surface area contributed by atoms with Crippen LogP contribution in [0.4, 0.5) is 4.39 Å². The molecule has 4 nitrogen and oxygen atoms in total. The smallest absolute Gasteiger partial charge is 0.169 e. The van der Waals surface area contributed by atoms with E-state index in [2.05, 4.69) is 0 Å². The van der Waals surface area contributed by atoms with Gasteiger partial charge in [-0.2, -0.15) is 0 Å². The molecule has 0 aliphatic carbocycles. The van der Waals surface area contributed by atoms with Crippen LogP contribution in [0.2, 0.25) is 0 Å². The molecule has 0 fully saturated rings. The van der Waals surface area contributed by atoms with E-state index in [0.717, 1.165) is 16.7 Å². The molecule has 0 unspecified atom stereocenters. The van der Waals surface area contributed by atoms with Crippen molar-refractivity contribution in [3.05, 3.63) is 53.4 Å². The van der Waals surface area contributed by atoms with Crippen LogP contribution in [-0.2, 0) is 4.79 Å². The zero-order valence-electron chi connectivity index (χ0n) is 15.2. The van der Waals surface area contributed by atoms with Crippen molar-refractivity contribution >= 4 is 12.4 Å². The summed E-state index contributed by atoms with van der Waals surface area (Å²) in [6.45, 7) is 4.01. The van der Waals surface area contributed by atoms with Crippen molar-refractivity contribution in [2.45, 2.75) is 19.8 Å². The predicted octanol–water partition coefficient (Wildman–Crippen LogP) is 4.21. The Bertz CT molecular complexity index is 780. The Hall–Kier alpha value is -2.66. The van der Waals surface area contributed by atoms with Crippen LogP contribution in [0.5, 0.6) is 11.5 Å². The van der Waals surface area contributed by atoms with Crippen molar-refractivity contribution in [1.29, 1.82) is 0 Å². The van der Waals surface area contributed by atoms with Gasteiger partial charge >= 0.3 is 0 Å². The molecular weight excluding hydrogens is 335 g/mol. The average Bonchev–Trinajstić information content (AvgIpc) is 2.64. The van der Waals surface area contributed by atoms with Gasteiger partial charge in [-0.05, 0) is 46.9 Å². The highest BCUT2D eigenvalue weighted by atomic mass is 19.1. The van der Waals surface area contributed by atoms with Crippen molar-refractivity contribution in [3.8, 4) is 22.6 Å². The number of methoxy groups -OCH3 is 1. The number of aldehydes is 1. The standard InChI is InChI=1S/C21H23FO4/c1-14(2)18-13-19(25-3)21(26-12-11-24)20(17(18)5-4-10-23)15-6-8-16(22)9-7-15/h4-10,13-14,24H,11-12H2,1-3H3/b5-4+. The van der Waals surface area contributed by atoms with Crippen LogP contribution in [0.3, 0.4) is 0 Å². The van der Waals surface area contributed by atoms with E-state index in [9.17, 15) is 9.18 Å². The number of rotatable bonds is 8. The summed E-state index contributed by atoms with van der Waals surface area (Å²) in [5.74, 6) is 0.776. The molecule has 0 heterocycles. The molecule has 1 N–H and O–H groups in total. The molecular formula is C21H23FO4. The van der Waals surface area contributed by atoms with Crippen LogP contribution in [0, 0.1) is 5.82 Å². The number of hydrogen-bond acceptors (Lipinski definition) is 4. The van der Waals surface area contributed by atoms with E-state index < -0.39 is 0 Å². The third-order valence-corrected chi connectivity index (χ3v) is 3.97. The van der Waals surface area contributed by atoms with Gasteiger partial charge < -0.3 is 14.6 Å². The fourth-order valence-electron chi connectivity index (χ4n) is 2.81. The highest BCUT2D eigenvalue weighted by Gasteiger charge is 2.21. The Balaban J connectivity index is 2.86. The van der Waals surface area contributed by atoms with Gasteiger partial charge in [-0.15, -0.1) is 0 Å². The van der Waals surface area contributed by atoms with E-state index in [0.29, 0.717) is 23.3 Å². The van der Waals surface area contributed by atoms with Gasteiger partial charge in [0.2, 0.25) is 0 Å². The van der Waals surface area contributed by atoms with Crippen LogP contribution in [0.25, 0.3) is 17.2 Å². The van der Waals surface area contributed by atoms with Crippen molar-refractivity contribution in [3.63, 3.8) is 0 Å². The van der Waals surface area contributed by atoms with Crippen LogP contribution < -0.4 is 9.47 Å². The van der Waals surface area contributed by atoms with Crippen LogP contribution in [0.1, 0.15) is 30.9 Å². The molecule has 2 rings (SSSR count). The summed E-state index contributed by atoms with van der Waals surface area (Å²) in [7, 11) is 1.54. The number of carbonyl (C=O) groups is 1. The number of allylic oxidation sites excluding steroid dienone is 1. The first kappa shape index (κ1) is 19.7. The third kappa shape index (κ3) is 4.29. The fourth-order valence-corrected chi connectivity index (χ4v) is 2.81. The number of aliphatic hydroxyl groups excluding tert-OH is 1. The third-order valence-electron chi connectivity index (χ3n) is 3.97. The molecule has 0 bridgehead atoms. The predicted molar refractivity (Wildman–Crippen MR) is 100 cm³/mol. The molecule has 0 aromatic heterocycles. The normalized spacial score (nSPS) is 11.2. The molecule has 0 aliphatic rings. The minimum Gasteiger partial charge on any atom is -0.493 e. The molecule has 0 saturated carbocycles. The lowest BCUT2D eigenvalue weighted by Crippen LogP contribution is -2.07. The van der Waals surface area contributed by atoms with Crippen molar-refractivity contribution in [1.82, 2.24) is 0 Å². The summed E-state index contributed by atoms with van der Waals surface area (Å²) >= 11 is 0. The number of halogens is 1. The Morgan fingerprint density at radius 1 is 1.23 bits per heavy atom. The summed E-state index contributed by atoms with van der Waals surface area (Å²) in [6.07, 6.45) is 3.83. The average molecular weight is 358 g/mol. The van der Waals surface area contributed by atoms with Crippen molar-refractivity contribution < 1.29 is 23.8 Å². The number of benzene rings is 2. The zero-order chi connectivity index (χ0) is 19.1. The van der Waals surface area contributed by atoms with Crippen LogP contribution in [0.15, 0.2) is 36.4 Å². The first-order valence-electron chi connectivity index (χ1n) is 8.39. The molecule has 0 spiro atoms. The van der Waals surface area contributed by atoms with Crippen LogP contribution >= 0.6 is 0 Å². The van der Waals surface area contributed by atoms with E-state index >= 15 is 0 Å². The van der Waals surface area contributed by atoms with Gasteiger partial charge in [0.05, 0.1) is 13.7 Å². The zero-order valence-corrected chi connectivity index (χ0v) is 15.2. The maximum atomic E-state index is 13.4. The Morgan fingerprint density at radius 3 is 2.46 bits per heavy atom. The van der Waals surface area contributed by atoms with Gasteiger partial charge in [-0.1, -0.05) is 32.1 Å². The highest BCUT2D eigenvalue weighted by Crippen LogP contribution is 2.45. The molecule has 0 saturated heterocycles. The SMILES string of the molecule is COc1cc(C(C)C)c(/C=C/C=O)c(-c2ccc(F)cc2)c1OCCO. The number of aliphatic hydroxyl groups is 1. The first-order chi connectivity index (χ1) is 12.5. The molecule has 2 aromatic rings. The van der Waals surface area contributed by atoms with E-state index in [1.54, 1.807) is 25.3 Å². The Labute approximate surface area is 152 Å². The lowest BCUT2D eigenvalue weighted by atomic mass is 9.88. The maximum absolute atomic E-state index is 13.4. The maximum Gasteiger partial charge on any atom is 0.169 e. The second-order valence-electron chi connectivity index (χ2n) is 6.01. The minimum atomic E-state index is -0.344. The first-order valence-corrected chi connectivity index (χ1v) is 8.39. The van der Waals surface area contributed by atoms with Crippen molar-refractivity contribution in [2.75, 3.05) is 20.3 Å². The number of hydrogen-bond donors (Lipinski definition) is 1. The minimum absolute atomic E-state index is 0.0857. The van der Waals surface area contributed by atoms with E-state index in [1.807, 2.05) is 19.9 Å². The highest BCUT2D eigenvalue weighted by molar-refractivity contribution is 5.87. The number of ether oxygens (including phenoxy) is 2. The summed E-state index contributed by atoms with van der Waals surface area (Å²) in [6, 6.07) is 7.91. The molecule has 0 aliphatic heterocycles. The summed E-state index contributed by atoms with van der Waals surface area (Å²) in [5.41, 5.74) is 3.19. The number of carbonyl (C=O) groups excluding carboxylic acids is 1. The summed E-state index contributed by atoms with van der Waals surface area (Å²) in [5, 5.41) is 9.17. The lowest BCUT2D eigenvalue weighted by Gasteiger charge is -2.22. The lowest BCUT2D eigenvalue weighted by molar-refractivity contribution is -0.104. The van der Waals surface area contributed by atoms with Crippen molar-refractivity contribution in [2.24, 2.45) is 0 Å². The topological polar surface area (TPSA) is 55.8 Å². The van der Waals surface area contributed by atoms with Gasteiger partial charge in [0.15, 0.2) is 11.5 Å². The molecule has 26 heavy (non-hydrogen) atoms. The summed E-state index contributed by atoms with van der Waals surface area (Å²) in [4.78, 5) is 10.9. The molecule has 2 aromatic carbocycles. The largest absolute Gasteiger partial charge is 0.493 e. The Morgan fingerprint density at radius 2 is 1.92 bits per heavy atom. The van der Waals surface area contributed by atoms with Gasteiger partial charge in [-0.25, -0.2) is 4.39 Å². The van der Waals surface area contributed by atoms with Gasteiger partial charge in [0.1, 0.15) is 18.7 Å². The Kier molecular flexibility index (Phi) is 6.92. The van der Waals surface area contributed by atoms with Gasteiger partial charge in [-0.3, -0.25) is 4.79 Å². The van der Waals surface area contributed by atoms with Gasteiger partial charge in [0.25, 0.3) is 0 Å². The van der Waals surface area contributed by atoms with E-state index in [-0.39, 0.29) is 24.9 Å². The quantitative estimate of drug-likeness (QED) is 0.567. The monoisotopic (exact) mass is 358 g/mol. The molecule has 5 heteroatoms. The van der Waals surface area contributed by atoms with Crippen LogP contribution in [-0.4, -0.2) is 31.7 Å². The fraction of sp³-hybridized carbons (Fsp3) is 0.286. The molecule has 0 radical (unpaired) electrons. The second kappa shape index (κ2) is 9.15. The molecule has 138 valence electrons. The van der Waals surface area contributed by atoms with Gasteiger partial charge in [0, 0.05) is 5.56 Å². The summed E-state index contributed by atoms with van der Waals surface area (Å²) < 4.78 is 24.7. The molecule has 0 atom stereocenters. The molecule has 0 amide bonds.